The van der Waals surface area contributed by atoms with Gasteiger partial charge in [-0.05, 0) is 67.6 Å². The van der Waals surface area contributed by atoms with Gasteiger partial charge in [-0.3, -0.25) is 4.79 Å². The number of nitrogens with one attached hydrogen (secondary N) is 1. The third-order valence-corrected chi connectivity index (χ3v) is 4.99. The summed E-state index contributed by atoms with van der Waals surface area (Å²) in [4.78, 5) is 16.7. The number of aromatic nitrogens is 2. The Morgan fingerprint density at radius 3 is 2.81 bits per heavy atom. The first-order valence-electron chi connectivity index (χ1n) is 10.7. The summed E-state index contributed by atoms with van der Waals surface area (Å²) in [6, 6.07) is 15.2. The monoisotopic (exact) mass is 421 g/mol. The first-order valence-corrected chi connectivity index (χ1v) is 10.7. The third kappa shape index (κ3) is 6.39. The van der Waals surface area contributed by atoms with Crippen molar-refractivity contribution in [1.82, 2.24) is 10.1 Å². The Hall–Kier alpha value is -3.19. The average Bonchev–Trinajstić information content (AvgIpc) is 3.48. The van der Waals surface area contributed by atoms with Crippen LogP contribution < -0.4 is 10.1 Å². The highest BCUT2D eigenvalue weighted by molar-refractivity contribution is 5.90. The summed E-state index contributed by atoms with van der Waals surface area (Å²) in [6.07, 6.45) is 3.18. The predicted octanol–water partition coefficient (Wildman–Crippen LogP) is 4.63. The highest BCUT2D eigenvalue weighted by Crippen LogP contribution is 2.29. The first-order chi connectivity index (χ1) is 15.2. The fraction of sp³-hybridized carbons (Fsp3) is 0.375. The van der Waals surface area contributed by atoms with Crippen molar-refractivity contribution in [1.29, 1.82) is 0 Å². The molecule has 4 rings (SSSR count). The van der Waals surface area contributed by atoms with Crippen molar-refractivity contribution in [2.45, 2.75) is 39.2 Å². The van der Waals surface area contributed by atoms with E-state index in [1.165, 1.54) is 12.8 Å². The van der Waals surface area contributed by atoms with E-state index in [1.807, 2.05) is 55.5 Å². The van der Waals surface area contributed by atoms with Gasteiger partial charge in [0.25, 0.3) is 0 Å². The van der Waals surface area contributed by atoms with Gasteiger partial charge in [0.1, 0.15) is 5.75 Å². The van der Waals surface area contributed by atoms with Crippen molar-refractivity contribution in [3.05, 3.63) is 60.0 Å². The normalized spacial score (nSPS) is 13.2. The van der Waals surface area contributed by atoms with Gasteiger partial charge in [-0.15, -0.1) is 0 Å². The smallest absolute Gasteiger partial charge is 0.227 e. The summed E-state index contributed by atoms with van der Waals surface area (Å²) in [6.45, 7) is 3.94. The number of benzene rings is 2. The van der Waals surface area contributed by atoms with Gasteiger partial charge < -0.3 is 19.3 Å². The second kappa shape index (κ2) is 10.2. The van der Waals surface area contributed by atoms with Crippen LogP contribution >= 0.6 is 0 Å². The predicted molar refractivity (Wildman–Crippen MR) is 117 cm³/mol. The topological polar surface area (TPSA) is 86.5 Å². The van der Waals surface area contributed by atoms with Crippen LogP contribution in [0.15, 0.2) is 53.1 Å². The van der Waals surface area contributed by atoms with Gasteiger partial charge in [0.15, 0.2) is 0 Å². The van der Waals surface area contributed by atoms with Gasteiger partial charge in [-0.25, -0.2) is 0 Å². The number of hydrogen-bond acceptors (Lipinski definition) is 6. The lowest BCUT2D eigenvalue weighted by molar-refractivity contribution is -0.116. The van der Waals surface area contributed by atoms with Crippen LogP contribution in [0.2, 0.25) is 0 Å². The molecule has 1 saturated carbocycles. The molecule has 1 N–H and O–H groups in total. The zero-order chi connectivity index (χ0) is 21.5. The molecule has 2 aromatic carbocycles. The molecule has 1 amide bonds. The summed E-state index contributed by atoms with van der Waals surface area (Å²) < 4.78 is 16.5. The molecule has 0 bridgehead atoms. The lowest BCUT2D eigenvalue weighted by Gasteiger charge is -2.08. The second-order valence-electron chi connectivity index (χ2n) is 7.68. The SMILES string of the molecule is CCOc1ccc(-c2noc(CCC(=O)Nc3cccc(COCC4CC4)c3)n2)cc1. The molecule has 1 aliphatic rings. The van der Waals surface area contributed by atoms with E-state index in [-0.39, 0.29) is 12.3 Å². The van der Waals surface area contributed by atoms with Crippen LogP contribution in [0.25, 0.3) is 11.4 Å². The molecule has 1 fully saturated rings. The highest BCUT2D eigenvalue weighted by atomic mass is 16.5. The molecule has 1 aromatic heterocycles. The first kappa shape index (κ1) is 21.1. The Labute approximate surface area is 181 Å². The van der Waals surface area contributed by atoms with Crippen molar-refractivity contribution < 1.29 is 18.8 Å². The van der Waals surface area contributed by atoms with E-state index < -0.39 is 0 Å². The van der Waals surface area contributed by atoms with E-state index in [0.29, 0.717) is 31.3 Å². The van der Waals surface area contributed by atoms with E-state index in [4.69, 9.17) is 14.0 Å². The van der Waals surface area contributed by atoms with Crippen LogP contribution in [-0.4, -0.2) is 29.3 Å². The molecule has 0 atom stereocenters. The van der Waals surface area contributed by atoms with Crippen LogP contribution in [0.5, 0.6) is 5.75 Å². The van der Waals surface area contributed by atoms with Crippen LogP contribution in [-0.2, 0) is 22.6 Å². The molecular weight excluding hydrogens is 394 g/mol. The third-order valence-electron chi connectivity index (χ3n) is 4.99. The van der Waals surface area contributed by atoms with Crippen molar-refractivity contribution in [2.75, 3.05) is 18.5 Å². The van der Waals surface area contributed by atoms with E-state index in [0.717, 1.165) is 35.1 Å². The maximum Gasteiger partial charge on any atom is 0.227 e. The number of amides is 1. The largest absolute Gasteiger partial charge is 0.494 e. The molecule has 0 saturated heterocycles. The Bertz CT molecular complexity index is 996. The molecule has 162 valence electrons. The number of ether oxygens (including phenoxy) is 2. The molecule has 31 heavy (non-hydrogen) atoms. The second-order valence-corrected chi connectivity index (χ2v) is 7.68. The highest BCUT2D eigenvalue weighted by Gasteiger charge is 2.21. The molecule has 0 aliphatic heterocycles. The molecule has 7 nitrogen and oxygen atoms in total. The number of anilines is 1. The van der Waals surface area contributed by atoms with Gasteiger partial charge in [-0.1, -0.05) is 17.3 Å². The Morgan fingerprint density at radius 1 is 1.19 bits per heavy atom. The number of rotatable bonds is 11. The maximum atomic E-state index is 12.3. The summed E-state index contributed by atoms with van der Waals surface area (Å²) in [5, 5.41) is 6.93. The minimum absolute atomic E-state index is 0.100. The van der Waals surface area contributed by atoms with Crippen molar-refractivity contribution >= 4 is 11.6 Å². The Balaban J connectivity index is 1.25. The summed E-state index contributed by atoms with van der Waals surface area (Å²) in [7, 11) is 0. The molecule has 3 aromatic rings. The molecule has 0 radical (unpaired) electrons. The molecule has 0 spiro atoms. The molecule has 0 unspecified atom stereocenters. The van der Waals surface area contributed by atoms with E-state index in [2.05, 4.69) is 15.5 Å². The zero-order valence-electron chi connectivity index (χ0n) is 17.7. The van der Waals surface area contributed by atoms with Gasteiger partial charge in [0.2, 0.25) is 17.6 Å². The quantitative estimate of drug-likeness (QED) is 0.486. The van der Waals surface area contributed by atoms with Crippen LogP contribution in [0.1, 0.15) is 37.6 Å². The molecule has 7 heteroatoms. The maximum absolute atomic E-state index is 12.3. The van der Waals surface area contributed by atoms with E-state index in [9.17, 15) is 4.79 Å². The fourth-order valence-electron chi connectivity index (χ4n) is 3.15. The van der Waals surface area contributed by atoms with Gasteiger partial charge in [-0.2, -0.15) is 4.98 Å². The average molecular weight is 421 g/mol. The standard InChI is InChI=1S/C24H27N3O4/c1-2-30-21-10-8-19(9-11-21)24-26-23(31-27-24)13-12-22(28)25-20-5-3-4-18(14-20)16-29-15-17-6-7-17/h3-5,8-11,14,17H,2,6-7,12-13,15-16H2,1H3,(H,25,28). The summed E-state index contributed by atoms with van der Waals surface area (Å²) in [5.74, 6) is 2.36. The van der Waals surface area contributed by atoms with E-state index >= 15 is 0 Å². The fourth-order valence-corrected chi connectivity index (χ4v) is 3.15. The molecular formula is C24H27N3O4. The van der Waals surface area contributed by atoms with E-state index in [1.54, 1.807) is 0 Å². The minimum Gasteiger partial charge on any atom is -0.494 e. The zero-order valence-corrected chi connectivity index (χ0v) is 17.7. The van der Waals surface area contributed by atoms with Gasteiger partial charge in [0, 0.05) is 30.7 Å². The number of nitrogens with zero attached hydrogens (tertiary/aromatic N) is 2. The van der Waals surface area contributed by atoms with Crippen molar-refractivity contribution in [2.24, 2.45) is 5.92 Å². The van der Waals surface area contributed by atoms with Crippen LogP contribution in [0, 0.1) is 5.92 Å². The Kier molecular flexibility index (Phi) is 6.94. The molecule has 1 aliphatic carbocycles. The van der Waals surface area contributed by atoms with Gasteiger partial charge in [0.05, 0.1) is 13.2 Å². The summed E-state index contributed by atoms with van der Waals surface area (Å²) in [5.41, 5.74) is 2.65. The number of carbonyl (C=O) groups excluding carboxylic acids is 1. The summed E-state index contributed by atoms with van der Waals surface area (Å²) >= 11 is 0. The minimum atomic E-state index is -0.100. The molecule has 1 heterocycles. The number of hydrogen-bond donors (Lipinski definition) is 1. The lowest BCUT2D eigenvalue weighted by Crippen LogP contribution is -2.12. The van der Waals surface area contributed by atoms with Crippen molar-refractivity contribution in [3.8, 4) is 17.1 Å². The van der Waals surface area contributed by atoms with Crippen LogP contribution in [0.3, 0.4) is 0 Å². The number of carbonyl (C=O) groups is 1. The number of aryl methyl sites for hydroxylation is 1. The Morgan fingerprint density at radius 2 is 2.03 bits per heavy atom. The van der Waals surface area contributed by atoms with Crippen molar-refractivity contribution in [3.63, 3.8) is 0 Å². The van der Waals surface area contributed by atoms with Crippen LogP contribution in [0.4, 0.5) is 5.69 Å². The van der Waals surface area contributed by atoms with Gasteiger partial charge >= 0.3 is 0 Å². The lowest BCUT2D eigenvalue weighted by atomic mass is 10.2.